The van der Waals surface area contributed by atoms with E-state index in [0.29, 0.717) is 0 Å². The van der Waals surface area contributed by atoms with Gasteiger partial charge < -0.3 is 14.6 Å². The van der Waals surface area contributed by atoms with Gasteiger partial charge in [-0.2, -0.15) is 0 Å². The van der Waals surface area contributed by atoms with E-state index in [2.05, 4.69) is 0 Å². The summed E-state index contributed by atoms with van der Waals surface area (Å²) < 4.78 is 23.3. The molecule has 0 aliphatic rings. The van der Waals surface area contributed by atoms with E-state index in [1.807, 2.05) is 0 Å². The lowest BCUT2D eigenvalue weighted by Gasteiger charge is -2.10. The maximum Gasteiger partial charge on any atom is 0.332 e. The van der Waals surface area contributed by atoms with Crippen LogP contribution in [0.5, 0.6) is 5.75 Å². The Labute approximate surface area is 92.6 Å². The molecule has 0 aliphatic carbocycles. The second kappa shape index (κ2) is 5.46. The smallest absolute Gasteiger partial charge is 0.332 e. The largest absolute Gasteiger partial charge is 0.494 e. The van der Waals surface area contributed by atoms with Crippen molar-refractivity contribution < 1.29 is 23.8 Å². The van der Waals surface area contributed by atoms with Crippen molar-refractivity contribution in [2.45, 2.75) is 19.6 Å². The van der Waals surface area contributed by atoms with Crippen LogP contribution in [-0.2, 0) is 16.1 Å². The molecular weight excluding hydrogens is 215 g/mol. The van der Waals surface area contributed by atoms with Gasteiger partial charge in [-0.25, -0.2) is 9.18 Å². The Morgan fingerprint density at radius 2 is 2.25 bits per heavy atom. The van der Waals surface area contributed by atoms with Gasteiger partial charge in [0.15, 0.2) is 17.7 Å². The molecule has 0 bridgehead atoms. The van der Waals surface area contributed by atoms with E-state index >= 15 is 0 Å². The zero-order valence-electron chi connectivity index (χ0n) is 9.07. The summed E-state index contributed by atoms with van der Waals surface area (Å²) in [5.74, 6) is -1.49. The zero-order chi connectivity index (χ0) is 12.1. The van der Waals surface area contributed by atoms with Gasteiger partial charge in [0.05, 0.1) is 13.7 Å². The number of benzene rings is 1. The standard InChI is InChI=1S/C11H13FO4/c1-7(11(13)14)16-6-8-4-3-5-9(15-2)10(8)12/h3-5,7H,6H2,1-2H3,(H,13,14)/t7-/m0/s1. The van der Waals surface area contributed by atoms with Crippen molar-refractivity contribution in [1.82, 2.24) is 0 Å². The number of halogens is 1. The first kappa shape index (κ1) is 12.4. The van der Waals surface area contributed by atoms with Gasteiger partial charge in [-0.3, -0.25) is 0 Å². The predicted molar refractivity (Wildman–Crippen MR) is 54.8 cm³/mol. The molecule has 1 aromatic rings. The van der Waals surface area contributed by atoms with Crippen molar-refractivity contribution in [2.24, 2.45) is 0 Å². The van der Waals surface area contributed by atoms with Crippen molar-refractivity contribution in [1.29, 1.82) is 0 Å². The van der Waals surface area contributed by atoms with Gasteiger partial charge >= 0.3 is 5.97 Å². The first-order valence-corrected chi connectivity index (χ1v) is 4.72. The molecule has 88 valence electrons. The van der Waals surface area contributed by atoms with E-state index in [9.17, 15) is 9.18 Å². The van der Waals surface area contributed by atoms with Gasteiger partial charge in [-0.05, 0) is 13.0 Å². The maximum atomic E-state index is 13.6. The van der Waals surface area contributed by atoms with Crippen molar-refractivity contribution in [2.75, 3.05) is 7.11 Å². The molecule has 0 unspecified atom stereocenters. The van der Waals surface area contributed by atoms with Crippen LogP contribution < -0.4 is 4.74 Å². The molecular formula is C11H13FO4. The highest BCUT2D eigenvalue weighted by Crippen LogP contribution is 2.20. The minimum absolute atomic E-state index is 0.101. The van der Waals surface area contributed by atoms with Gasteiger partial charge in [0.2, 0.25) is 0 Å². The molecule has 0 fully saturated rings. The number of carbonyl (C=O) groups is 1. The quantitative estimate of drug-likeness (QED) is 0.835. The monoisotopic (exact) mass is 228 g/mol. The van der Waals surface area contributed by atoms with Crippen LogP contribution in [0.3, 0.4) is 0 Å². The van der Waals surface area contributed by atoms with Crippen LogP contribution in [0.1, 0.15) is 12.5 Å². The van der Waals surface area contributed by atoms with Gasteiger partial charge in [0.1, 0.15) is 0 Å². The second-order valence-electron chi connectivity index (χ2n) is 3.22. The van der Waals surface area contributed by atoms with Crippen LogP contribution in [-0.4, -0.2) is 24.3 Å². The minimum Gasteiger partial charge on any atom is -0.494 e. The van der Waals surface area contributed by atoms with Crippen molar-refractivity contribution >= 4 is 5.97 Å². The molecule has 1 atom stereocenters. The molecule has 4 nitrogen and oxygen atoms in total. The van der Waals surface area contributed by atoms with Crippen molar-refractivity contribution in [3.8, 4) is 5.75 Å². The number of hydrogen-bond donors (Lipinski definition) is 1. The lowest BCUT2D eigenvalue weighted by Crippen LogP contribution is -2.19. The van der Waals surface area contributed by atoms with E-state index < -0.39 is 17.9 Å². The first-order valence-electron chi connectivity index (χ1n) is 4.72. The van der Waals surface area contributed by atoms with Crippen molar-refractivity contribution in [3.05, 3.63) is 29.6 Å². The molecule has 0 saturated heterocycles. The average molecular weight is 228 g/mol. The van der Waals surface area contributed by atoms with E-state index in [0.717, 1.165) is 0 Å². The van der Waals surface area contributed by atoms with Crippen LogP contribution in [0.15, 0.2) is 18.2 Å². The SMILES string of the molecule is COc1cccc(CO[C@@H](C)C(=O)O)c1F. The molecule has 1 rings (SSSR count). The molecule has 0 saturated carbocycles. The highest BCUT2D eigenvalue weighted by atomic mass is 19.1. The Balaban J connectivity index is 2.71. The third kappa shape index (κ3) is 2.93. The normalized spacial score (nSPS) is 12.2. The van der Waals surface area contributed by atoms with E-state index in [-0.39, 0.29) is 17.9 Å². The fraction of sp³-hybridized carbons (Fsp3) is 0.364. The Bertz CT molecular complexity index is 378. The van der Waals surface area contributed by atoms with E-state index in [1.54, 1.807) is 6.07 Å². The van der Waals surface area contributed by atoms with E-state index in [1.165, 1.54) is 26.2 Å². The molecule has 16 heavy (non-hydrogen) atoms. The number of carboxylic acids is 1. The average Bonchev–Trinajstić information content (AvgIpc) is 2.27. The number of rotatable bonds is 5. The Morgan fingerprint density at radius 1 is 1.56 bits per heavy atom. The van der Waals surface area contributed by atoms with Gasteiger partial charge in [0.25, 0.3) is 0 Å². The topological polar surface area (TPSA) is 55.8 Å². The van der Waals surface area contributed by atoms with Crippen molar-refractivity contribution in [3.63, 3.8) is 0 Å². The highest BCUT2D eigenvalue weighted by molar-refractivity contribution is 5.71. The molecule has 1 aromatic carbocycles. The molecule has 5 heteroatoms. The second-order valence-corrected chi connectivity index (χ2v) is 3.22. The third-order valence-electron chi connectivity index (χ3n) is 2.10. The summed E-state index contributed by atoms with van der Waals surface area (Å²) in [4.78, 5) is 10.5. The summed E-state index contributed by atoms with van der Waals surface area (Å²) in [5, 5.41) is 8.59. The summed E-state index contributed by atoms with van der Waals surface area (Å²) in [7, 11) is 1.36. The Morgan fingerprint density at radius 3 is 2.81 bits per heavy atom. The van der Waals surface area contributed by atoms with E-state index in [4.69, 9.17) is 14.6 Å². The first-order chi connectivity index (χ1) is 7.56. The molecule has 0 heterocycles. The molecule has 1 N–H and O–H groups in total. The number of methoxy groups -OCH3 is 1. The number of aliphatic carboxylic acids is 1. The van der Waals surface area contributed by atoms with Gasteiger partial charge in [0, 0.05) is 5.56 Å². The number of ether oxygens (including phenoxy) is 2. The summed E-state index contributed by atoms with van der Waals surface area (Å²) >= 11 is 0. The zero-order valence-corrected chi connectivity index (χ0v) is 9.07. The molecule has 0 spiro atoms. The summed E-state index contributed by atoms with van der Waals surface area (Å²) in [6, 6.07) is 4.62. The van der Waals surface area contributed by atoms with Crippen LogP contribution in [0.4, 0.5) is 4.39 Å². The number of hydrogen-bond acceptors (Lipinski definition) is 3. The van der Waals surface area contributed by atoms with Gasteiger partial charge in [-0.15, -0.1) is 0 Å². The molecule has 0 radical (unpaired) electrons. The molecule has 0 aromatic heterocycles. The maximum absolute atomic E-state index is 13.6. The summed E-state index contributed by atoms with van der Waals surface area (Å²) in [6.07, 6.45) is -0.967. The Kier molecular flexibility index (Phi) is 4.25. The van der Waals surface area contributed by atoms with Crippen LogP contribution in [0.2, 0.25) is 0 Å². The van der Waals surface area contributed by atoms with Crippen LogP contribution in [0, 0.1) is 5.82 Å². The minimum atomic E-state index is -1.08. The lowest BCUT2D eigenvalue weighted by molar-refractivity contribution is -0.149. The third-order valence-corrected chi connectivity index (χ3v) is 2.10. The fourth-order valence-corrected chi connectivity index (χ4v) is 1.11. The highest BCUT2D eigenvalue weighted by Gasteiger charge is 2.13. The number of carboxylic acid groups (broad SMARTS) is 1. The van der Waals surface area contributed by atoms with Crippen LogP contribution in [0.25, 0.3) is 0 Å². The summed E-state index contributed by atoms with van der Waals surface area (Å²) in [6.45, 7) is 1.29. The Hall–Kier alpha value is -1.62. The predicted octanol–water partition coefficient (Wildman–Crippen LogP) is 1.82. The lowest BCUT2D eigenvalue weighted by atomic mass is 10.2. The van der Waals surface area contributed by atoms with Crippen LogP contribution >= 0.6 is 0 Å². The summed E-state index contributed by atoms with van der Waals surface area (Å²) in [5.41, 5.74) is 0.271. The van der Waals surface area contributed by atoms with Gasteiger partial charge in [-0.1, -0.05) is 12.1 Å². The molecule has 0 aliphatic heterocycles. The molecule has 0 amide bonds. The fourth-order valence-electron chi connectivity index (χ4n) is 1.11.